The number of piperazine rings is 1. The van der Waals surface area contributed by atoms with Crippen LogP contribution >= 0.6 is 11.6 Å². The largest absolute Gasteiger partial charge is 0.467 e. The molecule has 2 heterocycles. The number of nitrogens with one attached hydrogen (secondary N) is 2. The first kappa shape index (κ1) is 26.9. The molecule has 2 N–H and O–H groups in total. The molecule has 3 aromatic rings. The number of amides is 1. The van der Waals surface area contributed by atoms with Gasteiger partial charge in [0.05, 0.1) is 17.6 Å². The van der Waals surface area contributed by atoms with Crippen LogP contribution in [0.1, 0.15) is 37.2 Å². The van der Waals surface area contributed by atoms with Crippen LogP contribution in [-0.4, -0.2) is 72.1 Å². The van der Waals surface area contributed by atoms with Crippen LogP contribution in [0.5, 0.6) is 6.01 Å². The van der Waals surface area contributed by atoms with Gasteiger partial charge in [-0.1, -0.05) is 17.7 Å². The summed E-state index contributed by atoms with van der Waals surface area (Å²) in [5.41, 5.74) is 3.06. The molecular formula is C30H34ClFN6O2. The van der Waals surface area contributed by atoms with E-state index in [0.29, 0.717) is 28.3 Å². The second kappa shape index (κ2) is 11.7. The summed E-state index contributed by atoms with van der Waals surface area (Å²) in [6.45, 7) is 6.28. The second-order valence-corrected chi connectivity index (χ2v) is 11.4. The fourth-order valence-electron chi connectivity index (χ4n) is 5.21. The third kappa shape index (κ3) is 6.54. The number of aromatic nitrogens is 2. The van der Waals surface area contributed by atoms with E-state index in [1.807, 2.05) is 18.2 Å². The number of hydrogen-bond acceptors (Lipinski definition) is 7. The van der Waals surface area contributed by atoms with Gasteiger partial charge in [-0.15, -0.1) is 0 Å². The van der Waals surface area contributed by atoms with Gasteiger partial charge in [0.25, 0.3) is 0 Å². The maximum Gasteiger partial charge on any atom is 0.318 e. The molecule has 6 rings (SSSR count). The molecule has 1 aromatic heterocycles. The molecule has 1 saturated heterocycles. The number of hydrogen-bond donors (Lipinski definition) is 2. The summed E-state index contributed by atoms with van der Waals surface area (Å²) in [4.78, 5) is 27.0. The summed E-state index contributed by atoms with van der Waals surface area (Å²) in [6.07, 6.45) is 8.49. The first-order valence-electron chi connectivity index (χ1n) is 14.0. The number of carbonyl (C=O) groups is 1. The van der Waals surface area contributed by atoms with E-state index in [1.54, 1.807) is 12.1 Å². The molecule has 2 saturated carbocycles. The lowest BCUT2D eigenvalue weighted by atomic mass is 10.0. The molecule has 210 valence electrons. The Labute approximate surface area is 238 Å². The number of methoxy groups -OCH3 is 1. The van der Waals surface area contributed by atoms with Crippen LogP contribution in [0.2, 0.25) is 5.02 Å². The van der Waals surface area contributed by atoms with Gasteiger partial charge in [-0.25, -0.2) is 4.39 Å². The zero-order chi connectivity index (χ0) is 27.6. The first-order valence-corrected chi connectivity index (χ1v) is 14.4. The van der Waals surface area contributed by atoms with Crippen molar-refractivity contribution in [3.8, 4) is 6.01 Å². The van der Waals surface area contributed by atoms with E-state index in [4.69, 9.17) is 16.3 Å². The molecule has 3 fully saturated rings. The van der Waals surface area contributed by atoms with E-state index in [2.05, 4.69) is 30.4 Å². The lowest BCUT2D eigenvalue weighted by molar-refractivity contribution is -0.111. The highest BCUT2D eigenvalue weighted by Gasteiger charge is 2.28. The quantitative estimate of drug-likeness (QED) is 0.311. The number of halogens is 2. The fourth-order valence-corrected chi connectivity index (χ4v) is 5.39. The number of rotatable bonds is 10. The summed E-state index contributed by atoms with van der Waals surface area (Å²) in [5, 5.41) is 7.01. The van der Waals surface area contributed by atoms with Gasteiger partial charge in [0, 0.05) is 62.1 Å². The van der Waals surface area contributed by atoms with Crippen LogP contribution in [0.4, 0.5) is 21.6 Å². The van der Waals surface area contributed by atoms with Crippen molar-refractivity contribution in [2.45, 2.75) is 31.6 Å². The Bertz CT molecular complexity index is 1430. The predicted octanol–water partition coefficient (Wildman–Crippen LogP) is 5.57. The highest BCUT2D eigenvalue weighted by Crippen LogP contribution is 2.45. The molecule has 1 amide bonds. The molecule has 0 atom stereocenters. The van der Waals surface area contributed by atoms with Crippen molar-refractivity contribution >= 4 is 45.6 Å². The van der Waals surface area contributed by atoms with Crippen molar-refractivity contribution < 1.29 is 13.9 Å². The predicted molar refractivity (Wildman–Crippen MR) is 156 cm³/mol. The highest BCUT2D eigenvalue weighted by atomic mass is 35.5. The van der Waals surface area contributed by atoms with Crippen molar-refractivity contribution in [3.63, 3.8) is 0 Å². The SMILES string of the molecule is COc1nc(Nc2ccc(F)c(Cl)c2)c2cc(NC(=O)C=CCN3CCN(CC4CC4)CC3)c(C3CC3)cc2n1. The Morgan fingerprint density at radius 2 is 1.88 bits per heavy atom. The Balaban J connectivity index is 1.18. The Morgan fingerprint density at radius 1 is 1.10 bits per heavy atom. The Kier molecular flexibility index (Phi) is 7.87. The van der Waals surface area contributed by atoms with E-state index < -0.39 is 5.82 Å². The molecule has 0 bridgehead atoms. The van der Waals surface area contributed by atoms with Crippen molar-refractivity contribution in [2.75, 3.05) is 57.0 Å². The van der Waals surface area contributed by atoms with Crippen LogP contribution in [0.25, 0.3) is 10.9 Å². The average Bonchev–Trinajstić information content (AvgIpc) is 3.87. The molecule has 2 aliphatic carbocycles. The van der Waals surface area contributed by atoms with E-state index in [1.165, 1.54) is 38.6 Å². The van der Waals surface area contributed by atoms with Gasteiger partial charge in [-0.2, -0.15) is 9.97 Å². The van der Waals surface area contributed by atoms with Gasteiger partial charge < -0.3 is 20.3 Å². The van der Waals surface area contributed by atoms with Gasteiger partial charge in [0.1, 0.15) is 11.6 Å². The summed E-state index contributed by atoms with van der Waals surface area (Å²) in [5.74, 6) is 1.11. The second-order valence-electron chi connectivity index (χ2n) is 11.0. The van der Waals surface area contributed by atoms with E-state index in [0.717, 1.165) is 62.7 Å². The van der Waals surface area contributed by atoms with Gasteiger partial charge >= 0.3 is 6.01 Å². The zero-order valence-electron chi connectivity index (χ0n) is 22.6. The van der Waals surface area contributed by atoms with Crippen LogP contribution in [0.15, 0.2) is 42.5 Å². The van der Waals surface area contributed by atoms with Gasteiger partial charge in [-0.3, -0.25) is 9.69 Å². The molecular weight excluding hydrogens is 531 g/mol. The van der Waals surface area contributed by atoms with Crippen molar-refractivity contribution in [2.24, 2.45) is 5.92 Å². The average molecular weight is 565 g/mol. The van der Waals surface area contributed by atoms with Crippen LogP contribution < -0.4 is 15.4 Å². The van der Waals surface area contributed by atoms with Crippen molar-refractivity contribution in [3.05, 3.63) is 58.9 Å². The minimum Gasteiger partial charge on any atom is -0.467 e. The fraction of sp³-hybridized carbons (Fsp3) is 0.433. The normalized spacial score (nSPS) is 18.4. The van der Waals surface area contributed by atoms with E-state index in [-0.39, 0.29) is 16.9 Å². The monoisotopic (exact) mass is 564 g/mol. The topological polar surface area (TPSA) is 82.6 Å². The molecule has 10 heteroatoms. The highest BCUT2D eigenvalue weighted by molar-refractivity contribution is 6.31. The summed E-state index contributed by atoms with van der Waals surface area (Å²) in [6, 6.07) is 8.49. The molecule has 3 aliphatic rings. The lowest BCUT2D eigenvalue weighted by Gasteiger charge is -2.34. The molecule has 0 spiro atoms. The van der Waals surface area contributed by atoms with Gasteiger partial charge in [0.2, 0.25) is 5.91 Å². The van der Waals surface area contributed by atoms with Crippen molar-refractivity contribution in [1.82, 2.24) is 19.8 Å². The number of benzene rings is 2. The summed E-state index contributed by atoms with van der Waals surface area (Å²) < 4.78 is 19.0. The number of carbonyl (C=O) groups excluding carboxylic acids is 1. The molecule has 0 unspecified atom stereocenters. The maximum absolute atomic E-state index is 13.7. The number of nitrogens with zero attached hydrogens (tertiary/aromatic N) is 4. The van der Waals surface area contributed by atoms with Gasteiger partial charge in [0.15, 0.2) is 0 Å². The summed E-state index contributed by atoms with van der Waals surface area (Å²) >= 11 is 5.99. The minimum atomic E-state index is -0.500. The van der Waals surface area contributed by atoms with Crippen LogP contribution in [0, 0.1) is 11.7 Å². The molecule has 8 nitrogen and oxygen atoms in total. The smallest absolute Gasteiger partial charge is 0.318 e. The number of ether oxygens (including phenoxy) is 1. The van der Waals surface area contributed by atoms with E-state index >= 15 is 0 Å². The zero-order valence-corrected chi connectivity index (χ0v) is 23.4. The molecule has 1 aliphatic heterocycles. The van der Waals surface area contributed by atoms with Crippen LogP contribution in [0.3, 0.4) is 0 Å². The maximum atomic E-state index is 13.7. The Morgan fingerprint density at radius 3 is 2.58 bits per heavy atom. The third-order valence-electron chi connectivity index (χ3n) is 7.80. The number of fused-ring (bicyclic) bond motifs is 1. The lowest BCUT2D eigenvalue weighted by Crippen LogP contribution is -2.46. The van der Waals surface area contributed by atoms with Gasteiger partial charge in [-0.05, 0) is 73.4 Å². The third-order valence-corrected chi connectivity index (χ3v) is 8.09. The molecule has 2 aromatic carbocycles. The molecule has 0 radical (unpaired) electrons. The van der Waals surface area contributed by atoms with Crippen LogP contribution in [-0.2, 0) is 4.79 Å². The number of anilines is 3. The standard InChI is InChI=1S/C30H34ClFN6O2/c1-40-30-35-27-16-22(20-6-7-20)26(17-23(27)29(36-30)33-21-8-9-25(32)24(31)15-21)34-28(39)3-2-10-37-11-13-38(14-12-37)18-19-4-5-19/h2-3,8-9,15-17,19-20H,4-7,10-14,18H2,1H3,(H,34,39)(H,33,35,36). The Hall–Kier alpha value is -3.27. The first-order chi connectivity index (χ1) is 19.4. The minimum absolute atomic E-state index is 0.00576. The van der Waals surface area contributed by atoms with Crippen molar-refractivity contribution in [1.29, 1.82) is 0 Å². The molecule has 40 heavy (non-hydrogen) atoms. The summed E-state index contributed by atoms with van der Waals surface area (Å²) in [7, 11) is 1.51. The van der Waals surface area contributed by atoms with E-state index in [9.17, 15) is 9.18 Å².